The van der Waals surface area contributed by atoms with Gasteiger partial charge in [-0.25, -0.2) is 8.42 Å². The highest BCUT2D eigenvalue weighted by atomic mass is 35.5. The van der Waals surface area contributed by atoms with Gasteiger partial charge in [0.1, 0.15) is 6.54 Å². The van der Waals surface area contributed by atoms with Crippen molar-refractivity contribution < 1.29 is 18.0 Å². The number of nitrogens with zero attached hydrogens (tertiary/aromatic N) is 1. The Balaban J connectivity index is 2.28. The Kier molecular flexibility index (Phi) is 7.66. The largest absolute Gasteiger partial charge is 0.349 e. The second-order valence-electron chi connectivity index (χ2n) is 5.96. The smallest absolute Gasteiger partial charge is 0.253 e. The third-order valence-electron chi connectivity index (χ3n) is 3.72. The zero-order valence-electron chi connectivity index (χ0n) is 15.5. The van der Waals surface area contributed by atoms with E-state index in [4.69, 9.17) is 23.2 Å². The number of sulfonamides is 1. The van der Waals surface area contributed by atoms with Gasteiger partial charge in [0.2, 0.25) is 15.9 Å². The van der Waals surface area contributed by atoms with Gasteiger partial charge in [0.25, 0.3) is 5.91 Å². The molecule has 0 atom stereocenters. The van der Waals surface area contributed by atoms with E-state index in [-0.39, 0.29) is 33.5 Å². The monoisotopic (exact) mass is 455 g/mol. The lowest BCUT2D eigenvalue weighted by atomic mass is 10.1. The van der Waals surface area contributed by atoms with Gasteiger partial charge >= 0.3 is 0 Å². The predicted octanol–water partition coefficient (Wildman–Crippen LogP) is 3.31. The molecule has 2 amide bonds. The number of para-hydroxylation sites is 1. The van der Waals surface area contributed by atoms with Crippen LogP contribution in [0.1, 0.15) is 10.4 Å². The molecule has 0 aromatic heterocycles. The summed E-state index contributed by atoms with van der Waals surface area (Å²) in [7, 11) is -3.84. The number of carbonyl (C=O) groups excluding carboxylic acids is 2. The Labute approximate surface area is 179 Å². The highest BCUT2D eigenvalue weighted by molar-refractivity contribution is 7.92. The Morgan fingerprint density at radius 1 is 1.17 bits per heavy atom. The van der Waals surface area contributed by atoms with Crippen LogP contribution in [0.3, 0.4) is 0 Å². The number of benzene rings is 2. The number of nitrogens with one attached hydrogen (secondary N) is 2. The number of rotatable bonds is 8. The molecule has 0 spiro atoms. The number of amides is 2. The van der Waals surface area contributed by atoms with Crippen LogP contribution in [0.5, 0.6) is 0 Å². The van der Waals surface area contributed by atoms with Gasteiger partial charge in [-0.1, -0.05) is 41.4 Å². The van der Waals surface area contributed by atoms with Gasteiger partial charge in [0, 0.05) is 11.6 Å². The van der Waals surface area contributed by atoms with Crippen LogP contribution >= 0.6 is 23.2 Å². The molecule has 0 bridgehead atoms. The molecule has 0 aliphatic heterocycles. The normalized spacial score (nSPS) is 10.9. The molecule has 0 saturated heterocycles. The fourth-order valence-electron chi connectivity index (χ4n) is 2.43. The van der Waals surface area contributed by atoms with E-state index < -0.39 is 28.4 Å². The summed E-state index contributed by atoms with van der Waals surface area (Å²) in [5.74, 6) is -1.06. The first-order valence-electron chi connectivity index (χ1n) is 8.34. The van der Waals surface area contributed by atoms with Crippen LogP contribution < -0.4 is 14.9 Å². The Bertz CT molecular complexity index is 1040. The van der Waals surface area contributed by atoms with Gasteiger partial charge < -0.3 is 10.6 Å². The van der Waals surface area contributed by atoms with Gasteiger partial charge in [0.15, 0.2) is 0 Å². The standard InChI is InChI=1S/C19H19Cl2N3O4S/c1-3-10-22-19(26)14-6-4-5-7-16(14)23-18(25)12-24(29(2,27)28)17-11-13(20)8-9-15(17)21/h3-9,11H,1,10,12H2,2H3,(H,22,26)(H,23,25). The number of halogens is 2. The lowest BCUT2D eigenvalue weighted by molar-refractivity contribution is -0.114. The topological polar surface area (TPSA) is 95.6 Å². The molecule has 2 aromatic rings. The first-order valence-corrected chi connectivity index (χ1v) is 10.9. The lowest BCUT2D eigenvalue weighted by Gasteiger charge is -2.23. The fraction of sp³-hybridized carbons (Fsp3) is 0.158. The summed E-state index contributed by atoms with van der Waals surface area (Å²) in [6, 6.07) is 10.7. The predicted molar refractivity (Wildman–Crippen MR) is 116 cm³/mol. The molecule has 0 unspecified atom stereocenters. The van der Waals surface area contributed by atoms with Crippen LogP contribution in [0, 0.1) is 0 Å². The minimum Gasteiger partial charge on any atom is -0.349 e. The molecule has 7 nitrogen and oxygen atoms in total. The van der Waals surface area contributed by atoms with Crippen LogP contribution in [-0.2, 0) is 14.8 Å². The molecular weight excluding hydrogens is 437 g/mol. The molecule has 2 aromatic carbocycles. The van der Waals surface area contributed by atoms with E-state index in [1.54, 1.807) is 12.1 Å². The highest BCUT2D eigenvalue weighted by Crippen LogP contribution is 2.30. The fourth-order valence-corrected chi connectivity index (χ4v) is 3.72. The van der Waals surface area contributed by atoms with Gasteiger partial charge in [-0.15, -0.1) is 6.58 Å². The number of hydrogen-bond donors (Lipinski definition) is 2. The summed E-state index contributed by atoms with van der Waals surface area (Å²) in [6.07, 6.45) is 2.48. The quantitative estimate of drug-likeness (QED) is 0.596. The van der Waals surface area contributed by atoms with Crippen molar-refractivity contribution in [1.29, 1.82) is 0 Å². The minimum absolute atomic E-state index is 0.0776. The first kappa shape index (κ1) is 22.7. The second-order valence-corrected chi connectivity index (χ2v) is 8.71. The minimum atomic E-state index is -3.84. The molecular formula is C19H19Cl2N3O4S. The Morgan fingerprint density at radius 2 is 1.86 bits per heavy atom. The van der Waals surface area contributed by atoms with Crippen molar-refractivity contribution in [3.8, 4) is 0 Å². The summed E-state index contributed by atoms with van der Waals surface area (Å²) >= 11 is 12.0. The van der Waals surface area contributed by atoms with E-state index in [0.717, 1.165) is 10.6 Å². The summed E-state index contributed by atoms with van der Waals surface area (Å²) in [5.41, 5.74) is 0.549. The maximum atomic E-state index is 12.6. The number of anilines is 2. The molecule has 10 heteroatoms. The van der Waals surface area contributed by atoms with Gasteiger partial charge in [-0.2, -0.15) is 0 Å². The van der Waals surface area contributed by atoms with Crippen LogP contribution in [0.25, 0.3) is 0 Å². The molecule has 0 heterocycles. The highest BCUT2D eigenvalue weighted by Gasteiger charge is 2.24. The summed E-state index contributed by atoms with van der Waals surface area (Å²) in [6.45, 7) is 3.23. The van der Waals surface area contributed by atoms with Crippen molar-refractivity contribution in [2.45, 2.75) is 0 Å². The molecule has 154 valence electrons. The van der Waals surface area contributed by atoms with E-state index in [0.29, 0.717) is 0 Å². The third kappa shape index (κ3) is 6.22. The van der Waals surface area contributed by atoms with E-state index in [9.17, 15) is 18.0 Å². The lowest BCUT2D eigenvalue weighted by Crippen LogP contribution is -2.38. The molecule has 0 aliphatic carbocycles. The van der Waals surface area contributed by atoms with E-state index in [1.807, 2.05) is 0 Å². The van der Waals surface area contributed by atoms with Crippen LogP contribution in [0.15, 0.2) is 55.1 Å². The summed E-state index contributed by atoms with van der Waals surface area (Å²) in [5, 5.41) is 5.58. The summed E-state index contributed by atoms with van der Waals surface area (Å²) < 4.78 is 25.3. The van der Waals surface area contributed by atoms with E-state index in [2.05, 4.69) is 17.2 Å². The maximum Gasteiger partial charge on any atom is 0.253 e. The van der Waals surface area contributed by atoms with Crippen LogP contribution in [0.4, 0.5) is 11.4 Å². The average Bonchev–Trinajstić information content (AvgIpc) is 2.66. The van der Waals surface area contributed by atoms with Gasteiger partial charge in [0.05, 0.1) is 28.2 Å². The molecule has 0 fully saturated rings. The number of hydrogen-bond acceptors (Lipinski definition) is 4. The number of carbonyl (C=O) groups is 2. The Hall–Kier alpha value is -2.55. The van der Waals surface area contributed by atoms with Crippen molar-refractivity contribution in [2.75, 3.05) is 29.0 Å². The zero-order valence-corrected chi connectivity index (χ0v) is 17.8. The maximum absolute atomic E-state index is 12.6. The average molecular weight is 456 g/mol. The third-order valence-corrected chi connectivity index (χ3v) is 5.40. The van der Waals surface area contributed by atoms with Crippen molar-refractivity contribution in [2.24, 2.45) is 0 Å². The van der Waals surface area contributed by atoms with E-state index >= 15 is 0 Å². The van der Waals surface area contributed by atoms with Crippen molar-refractivity contribution in [1.82, 2.24) is 5.32 Å². The van der Waals surface area contributed by atoms with Crippen LogP contribution in [-0.4, -0.2) is 39.6 Å². The molecule has 0 aliphatic rings. The molecule has 0 radical (unpaired) electrons. The second kappa shape index (κ2) is 9.78. The molecule has 29 heavy (non-hydrogen) atoms. The van der Waals surface area contributed by atoms with Crippen molar-refractivity contribution in [3.05, 3.63) is 70.7 Å². The Morgan fingerprint density at radius 3 is 2.52 bits per heavy atom. The van der Waals surface area contributed by atoms with Crippen molar-refractivity contribution >= 4 is 56.4 Å². The van der Waals surface area contributed by atoms with Gasteiger partial charge in [-0.05, 0) is 30.3 Å². The summed E-state index contributed by atoms with van der Waals surface area (Å²) in [4.78, 5) is 24.8. The van der Waals surface area contributed by atoms with Gasteiger partial charge in [-0.3, -0.25) is 13.9 Å². The molecule has 0 saturated carbocycles. The zero-order chi connectivity index (χ0) is 21.6. The molecule has 2 N–H and O–H groups in total. The molecule has 2 rings (SSSR count). The van der Waals surface area contributed by atoms with Crippen molar-refractivity contribution in [3.63, 3.8) is 0 Å². The first-order chi connectivity index (χ1) is 13.6. The SMILES string of the molecule is C=CCNC(=O)c1ccccc1NC(=O)CN(c1cc(Cl)ccc1Cl)S(C)(=O)=O. The van der Waals surface area contributed by atoms with E-state index in [1.165, 1.54) is 36.4 Å². The van der Waals surface area contributed by atoms with Crippen LogP contribution in [0.2, 0.25) is 10.0 Å².